The molecule has 0 bridgehead atoms. The molecule has 104 valence electrons. The summed E-state index contributed by atoms with van der Waals surface area (Å²) in [6, 6.07) is 10.8. The minimum absolute atomic E-state index is 0.0441. The van der Waals surface area contributed by atoms with Gasteiger partial charge in [0.05, 0.1) is 17.2 Å². The molecular formula is C14H16N4O2. The Hall–Kier alpha value is -2.63. The van der Waals surface area contributed by atoms with Crippen LogP contribution in [0.15, 0.2) is 36.4 Å². The first-order valence-corrected chi connectivity index (χ1v) is 6.23. The zero-order valence-corrected chi connectivity index (χ0v) is 11.4. The van der Waals surface area contributed by atoms with Crippen LogP contribution in [0.25, 0.3) is 0 Å². The fourth-order valence-corrected chi connectivity index (χ4v) is 1.97. The molecule has 6 heteroatoms. The molecule has 1 heterocycles. The second-order valence-electron chi connectivity index (χ2n) is 4.33. The van der Waals surface area contributed by atoms with Crippen LogP contribution < -0.4 is 10.6 Å². The molecule has 0 aliphatic heterocycles. The number of rotatable bonds is 5. The summed E-state index contributed by atoms with van der Waals surface area (Å²) in [5.41, 5.74) is 2.77. The zero-order chi connectivity index (χ0) is 14.5. The third-order valence-corrected chi connectivity index (χ3v) is 2.89. The zero-order valence-electron chi connectivity index (χ0n) is 11.4. The van der Waals surface area contributed by atoms with Gasteiger partial charge in [-0.1, -0.05) is 12.1 Å². The highest BCUT2D eigenvalue weighted by atomic mass is 16.6. The van der Waals surface area contributed by atoms with Gasteiger partial charge in [0.15, 0.2) is 0 Å². The summed E-state index contributed by atoms with van der Waals surface area (Å²) in [6.07, 6.45) is 0. The molecule has 2 aromatic rings. The second kappa shape index (κ2) is 6.01. The van der Waals surface area contributed by atoms with Gasteiger partial charge in [0.2, 0.25) is 0 Å². The Morgan fingerprint density at radius 3 is 2.55 bits per heavy atom. The Balaban J connectivity index is 2.23. The first-order valence-electron chi connectivity index (χ1n) is 6.23. The predicted octanol–water partition coefficient (Wildman–Crippen LogP) is 2.95. The number of pyridine rings is 1. The average Bonchev–Trinajstić information content (AvgIpc) is 2.44. The quantitative estimate of drug-likeness (QED) is 0.646. The summed E-state index contributed by atoms with van der Waals surface area (Å²) in [5, 5.41) is 17.1. The number of nitro groups is 1. The van der Waals surface area contributed by atoms with E-state index in [2.05, 4.69) is 15.6 Å². The Labute approximate surface area is 117 Å². The maximum absolute atomic E-state index is 11.2. The molecule has 0 unspecified atom stereocenters. The van der Waals surface area contributed by atoms with Gasteiger partial charge >= 0.3 is 5.69 Å². The summed E-state index contributed by atoms with van der Waals surface area (Å²) in [7, 11) is 1.66. The smallest absolute Gasteiger partial charge is 0.315 e. The molecule has 0 saturated carbocycles. The highest BCUT2D eigenvalue weighted by Gasteiger charge is 2.18. The van der Waals surface area contributed by atoms with Crippen LogP contribution in [-0.2, 0) is 6.54 Å². The summed E-state index contributed by atoms with van der Waals surface area (Å²) in [5.74, 6) is 0. The molecule has 0 spiro atoms. The summed E-state index contributed by atoms with van der Waals surface area (Å²) in [4.78, 5) is 15.1. The number of aromatic nitrogens is 1. The fourth-order valence-electron chi connectivity index (χ4n) is 1.97. The number of para-hydroxylation sites is 1. The number of benzene rings is 1. The van der Waals surface area contributed by atoms with Crippen molar-refractivity contribution in [2.24, 2.45) is 0 Å². The van der Waals surface area contributed by atoms with Crippen molar-refractivity contribution in [2.45, 2.75) is 13.5 Å². The van der Waals surface area contributed by atoms with Gasteiger partial charge < -0.3 is 10.6 Å². The Morgan fingerprint density at radius 1 is 1.20 bits per heavy atom. The van der Waals surface area contributed by atoms with Gasteiger partial charge in [0.1, 0.15) is 11.4 Å². The van der Waals surface area contributed by atoms with Gasteiger partial charge in [0.25, 0.3) is 0 Å². The lowest BCUT2D eigenvalue weighted by Crippen LogP contribution is -2.06. The Kier molecular flexibility index (Phi) is 4.14. The second-order valence-corrected chi connectivity index (χ2v) is 4.33. The molecule has 0 aliphatic rings. The van der Waals surface area contributed by atoms with E-state index in [0.717, 1.165) is 11.4 Å². The van der Waals surface area contributed by atoms with E-state index in [9.17, 15) is 10.1 Å². The number of aryl methyl sites for hydroxylation is 1. The number of hydrogen-bond donors (Lipinski definition) is 2. The number of anilines is 2. The number of nitrogens with zero attached hydrogens (tertiary/aromatic N) is 2. The summed E-state index contributed by atoms with van der Waals surface area (Å²) < 4.78 is 0. The van der Waals surface area contributed by atoms with E-state index in [1.54, 1.807) is 25.2 Å². The molecule has 0 amide bonds. The number of nitro benzene ring substituents is 1. The molecule has 0 saturated heterocycles. The standard InChI is InChI=1S/C14H16N4O2/c1-10-5-3-6-11(17-10)9-16-13-8-4-7-12(15-2)14(13)18(19)20/h3-8,15-16H,9H2,1-2H3. The highest BCUT2D eigenvalue weighted by molar-refractivity contribution is 5.75. The molecule has 6 nitrogen and oxygen atoms in total. The largest absolute Gasteiger partial charge is 0.382 e. The fraction of sp³-hybridized carbons (Fsp3) is 0.214. The first-order chi connectivity index (χ1) is 9.61. The van der Waals surface area contributed by atoms with Crippen LogP contribution in [-0.4, -0.2) is 17.0 Å². The van der Waals surface area contributed by atoms with Crippen LogP contribution in [0.2, 0.25) is 0 Å². The molecule has 1 aromatic carbocycles. The summed E-state index contributed by atoms with van der Waals surface area (Å²) >= 11 is 0. The van der Waals surface area contributed by atoms with Crippen molar-refractivity contribution < 1.29 is 4.92 Å². The van der Waals surface area contributed by atoms with Crippen molar-refractivity contribution in [2.75, 3.05) is 17.7 Å². The van der Waals surface area contributed by atoms with Gasteiger partial charge in [0, 0.05) is 12.7 Å². The van der Waals surface area contributed by atoms with Crippen molar-refractivity contribution >= 4 is 17.1 Å². The van der Waals surface area contributed by atoms with Crippen LogP contribution in [0.3, 0.4) is 0 Å². The maximum atomic E-state index is 11.2. The Morgan fingerprint density at radius 2 is 1.90 bits per heavy atom. The van der Waals surface area contributed by atoms with E-state index in [-0.39, 0.29) is 5.69 Å². The van der Waals surface area contributed by atoms with E-state index in [4.69, 9.17) is 0 Å². The van der Waals surface area contributed by atoms with Crippen LogP contribution in [0.4, 0.5) is 17.1 Å². The van der Waals surface area contributed by atoms with Gasteiger partial charge in [-0.3, -0.25) is 15.1 Å². The van der Waals surface area contributed by atoms with Crippen molar-refractivity contribution in [1.29, 1.82) is 0 Å². The van der Waals surface area contributed by atoms with Crippen molar-refractivity contribution in [3.8, 4) is 0 Å². The normalized spacial score (nSPS) is 10.1. The molecule has 0 aliphatic carbocycles. The lowest BCUT2D eigenvalue weighted by Gasteiger charge is -2.10. The minimum atomic E-state index is -0.391. The van der Waals surface area contributed by atoms with Crippen molar-refractivity contribution in [3.63, 3.8) is 0 Å². The third kappa shape index (κ3) is 3.03. The van der Waals surface area contributed by atoms with E-state index < -0.39 is 4.92 Å². The molecule has 0 fully saturated rings. The molecular weight excluding hydrogens is 256 g/mol. The first kappa shape index (κ1) is 13.8. The van der Waals surface area contributed by atoms with Gasteiger partial charge in [-0.05, 0) is 31.2 Å². The van der Waals surface area contributed by atoms with Crippen molar-refractivity contribution in [3.05, 3.63) is 57.9 Å². The van der Waals surface area contributed by atoms with Gasteiger partial charge in [-0.15, -0.1) is 0 Å². The minimum Gasteiger partial charge on any atom is -0.382 e. The van der Waals surface area contributed by atoms with Crippen molar-refractivity contribution in [1.82, 2.24) is 4.98 Å². The third-order valence-electron chi connectivity index (χ3n) is 2.89. The van der Waals surface area contributed by atoms with Gasteiger partial charge in [-0.25, -0.2) is 0 Å². The molecule has 2 rings (SSSR count). The SMILES string of the molecule is CNc1cccc(NCc2cccc(C)n2)c1[N+](=O)[O-]. The lowest BCUT2D eigenvalue weighted by atomic mass is 10.2. The maximum Gasteiger partial charge on any atom is 0.315 e. The van der Waals surface area contributed by atoms with Gasteiger partial charge in [-0.2, -0.15) is 0 Å². The molecule has 0 atom stereocenters. The summed E-state index contributed by atoms with van der Waals surface area (Å²) in [6.45, 7) is 2.35. The van der Waals surface area contributed by atoms with Crippen LogP contribution >= 0.6 is 0 Å². The van der Waals surface area contributed by atoms with Crippen LogP contribution in [0.1, 0.15) is 11.4 Å². The van der Waals surface area contributed by atoms with E-state index in [1.807, 2.05) is 25.1 Å². The molecule has 1 aromatic heterocycles. The van der Waals surface area contributed by atoms with E-state index in [1.165, 1.54) is 0 Å². The molecule has 0 radical (unpaired) electrons. The number of nitrogens with one attached hydrogen (secondary N) is 2. The monoisotopic (exact) mass is 272 g/mol. The van der Waals surface area contributed by atoms with Crippen LogP contribution in [0, 0.1) is 17.0 Å². The predicted molar refractivity (Wildman–Crippen MR) is 78.9 cm³/mol. The van der Waals surface area contributed by atoms with Crippen LogP contribution in [0.5, 0.6) is 0 Å². The number of hydrogen-bond acceptors (Lipinski definition) is 5. The van der Waals surface area contributed by atoms with E-state index in [0.29, 0.717) is 17.9 Å². The average molecular weight is 272 g/mol. The lowest BCUT2D eigenvalue weighted by molar-refractivity contribution is -0.383. The topological polar surface area (TPSA) is 80.1 Å². The molecule has 2 N–H and O–H groups in total. The van der Waals surface area contributed by atoms with E-state index >= 15 is 0 Å². The molecule has 20 heavy (non-hydrogen) atoms. The highest BCUT2D eigenvalue weighted by Crippen LogP contribution is 2.32. The Bertz CT molecular complexity index is 628.